The smallest absolute Gasteiger partial charge is 0.308 e. The van der Waals surface area contributed by atoms with E-state index in [1.165, 1.54) is 45.6 Å². The number of sulfonamides is 1. The first-order valence-corrected chi connectivity index (χ1v) is 13.2. The monoisotopic (exact) mass is 555 g/mol. The molecule has 3 rings (SSSR count). The molecule has 12 heteroatoms. The highest BCUT2D eigenvalue weighted by atomic mass is 32.2. The number of anilines is 1. The van der Waals surface area contributed by atoms with Gasteiger partial charge in [0.25, 0.3) is 15.9 Å². The van der Waals surface area contributed by atoms with Crippen LogP contribution in [0.5, 0.6) is 23.0 Å². The van der Waals surface area contributed by atoms with Gasteiger partial charge in [0.1, 0.15) is 18.0 Å². The zero-order valence-electron chi connectivity index (χ0n) is 21.9. The van der Waals surface area contributed by atoms with Crippen LogP contribution in [0, 0.1) is 0 Å². The van der Waals surface area contributed by atoms with Crippen LogP contribution in [0.3, 0.4) is 0 Å². The molecule has 39 heavy (non-hydrogen) atoms. The SMILES string of the molecule is CCOc1ccc(N(CC(=O)N/N=C\c2ccc(OC(C)=O)cc2)S(=O)(=O)c2ccc(OC)c(OC)c2)cc1. The van der Waals surface area contributed by atoms with Gasteiger partial charge in [0, 0.05) is 13.0 Å². The summed E-state index contributed by atoms with van der Waals surface area (Å²) < 4.78 is 49.2. The number of methoxy groups -OCH3 is 2. The van der Waals surface area contributed by atoms with E-state index in [0.29, 0.717) is 29.4 Å². The maximum atomic E-state index is 13.7. The Bertz CT molecular complexity index is 1420. The molecule has 0 atom stereocenters. The lowest BCUT2D eigenvalue weighted by molar-refractivity contribution is -0.131. The van der Waals surface area contributed by atoms with Crippen LogP contribution in [-0.2, 0) is 19.6 Å². The standard InChI is InChI=1S/C27H29N3O8S/c1-5-37-22-12-8-21(9-13-22)30(39(33,34)24-14-15-25(35-3)26(16-24)36-4)18-27(32)29-28-17-20-6-10-23(11-7-20)38-19(2)31/h6-17H,5,18H2,1-4H3,(H,29,32)/b28-17-. The summed E-state index contributed by atoms with van der Waals surface area (Å²) in [4.78, 5) is 23.7. The molecule has 3 aromatic rings. The van der Waals surface area contributed by atoms with E-state index >= 15 is 0 Å². The van der Waals surface area contributed by atoms with Crippen molar-refractivity contribution in [1.82, 2.24) is 5.43 Å². The first-order valence-electron chi connectivity index (χ1n) is 11.8. The number of hydrazone groups is 1. The predicted molar refractivity (Wildman–Crippen MR) is 145 cm³/mol. The summed E-state index contributed by atoms with van der Waals surface area (Å²) in [5, 5.41) is 3.91. The summed E-state index contributed by atoms with van der Waals surface area (Å²) >= 11 is 0. The molecule has 1 N–H and O–H groups in total. The van der Waals surface area contributed by atoms with E-state index in [1.807, 2.05) is 6.92 Å². The molecular weight excluding hydrogens is 526 g/mol. The minimum absolute atomic E-state index is 0.0989. The minimum atomic E-state index is -4.22. The molecule has 0 aliphatic rings. The normalized spacial score (nSPS) is 11.1. The first-order chi connectivity index (χ1) is 18.7. The van der Waals surface area contributed by atoms with Gasteiger partial charge in [-0.15, -0.1) is 0 Å². The molecule has 0 saturated carbocycles. The topological polar surface area (TPSA) is 133 Å². The summed E-state index contributed by atoms with van der Waals surface area (Å²) in [6.45, 7) is 3.01. The number of nitrogens with one attached hydrogen (secondary N) is 1. The second kappa shape index (κ2) is 13.3. The summed E-state index contributed by atoms with van der Waals surface area (Å²) in [6.07, 6.45) is 1.37. The number of rotatable bonds is 12. The second-order valence-corrected chi connectivity index (χ2v) is 9.77. The van der Waals surface area contributed by atoms with E-state index in [0.717, 1.165) is 4.31 Å². The molecule has 0 bridgehead atoms. The van der Waals surface area contributed by atoms with Gasteiger partial charge in [-0.2, -0.15) is 5.10 Å². The van der Waals surface area contributed by atoms with Crippen molar-refractivity contribution in [2.24, 2.45) is 5.10 Å². The lowest BCUT2D eigenvalue weighted by atomic mass is 10.2. The second-order valence-electron chi connectivity index (χ2n) is 7.91. The van der Waals surface area contributed by atoms with E-state index in [1.54, 1.807) is 48.5 Å². The number of ether oxygens (including phenoxy) is 4. The highest BCUT2D eigenvalue weighted by molar-refractivity contribution is 7.92. The molecular formula is C27H29N3O8S. The van der Waals surface area contributed by atoms with Crippen LogP contribution in [-0.4, -0.2) is 53.9 Å². The Balaban J connectivity index is 1.84. The molecule has 206 valence electrons. The fourth-order valence-corrected chi connectivity index (χ4v) is 4.86. The Kier molecular flexibility index (Phi) is 9.87. The molecule has 1 amide bonds. The van der Waals surface area contributed by atoms with Crippen LogP contribution >= 0.6 is 0 Å². The Morgan fingerprint density at radius 3 is 2.15 bits per heavy atom. The van der Waals surface area contributed by atoms with Gasteiger partial charge in [0.15, 0.2) is 11.5 Å². The van der Waals surface area contributed by atoms with Gasteiger partial charge >= 0.3 is 5.97 Å². The third-order valence-electron chi connectivity index (χ3n) is 5.21. The average Bonchev–Trinajstić information content (AvgIpc) is 2.92. The molecule has 0 aliphatic carbocycles. The largest absolute Gasteiger partial charge is 0.494 e. The number of benzene rings is 3. The zero-order chi connectivity index (χ0) is 28.4. The first kappa shape index (κ1) is 29.0. The summed E-state index contributed by atoms with van der Waals surface area (Å²) in [6, 6.07) is 16.9. The van der Waals surface area contributed by atoms with Crippen LogP contribution < -0.4 is 28.7 Å². The Labute approximate surface area is 227 Å². The lowest BCUT2D eigenvalue weighted by Crippen LogP contribution is -2.39. The van der Waals surface area contributed by atoms with Crippen molar-refractivity contribution in [2.75, 3.05) is 31.7 Å². The van der Waals surface area contributed by atoms with Crippen molar-refractivity contribution >= 4 is 33.8 Å². The average molecular weight is 556 g/mol. The molecule has 3 aromatic carbocycles. The Morgan fingerprint density at radius 2 is 1.56 bits per heavy atom. The van der Waals surface area contributed by atoms with E-state index in [9.17, 15) is 18.0 Å². The molecule has 0 aromatic heterocycles. The fourth-order valence-electron chi connectivity index (χ4n) is 3.43. The number of nitrogens with zero attached hydrogens (tertiary/aromatic N) is 2. The van der Waals surface area contributed by atoms with Gasteiger partial charge in [-0.05, 0) is 73.2 Å². The molecule has 11 nitrogen and oxygen atoms in total. The van der Waals surface area contributed by atoms with Crippen molar-refractivity contribution in [1.29, 1.82) is 0 Å². The van der Waals surface area contributed by atoms with Crippen molar-refractivity contribution < 1.29 is 37.0 Å². The van der Waals surface area contributed by atoms with Gasteiger partial charge in [-0.25, -0.2) is 13.8 Å². The molecule has 0 radical (unpaired) electrons. The molecule has 0 spiro atoms. The third kappa shape index (κ3) is 7.71. The molecule has 0 saturated heterocycles. The number of carbonyl (C=O) groups is 2. The number of amides is 1. The van der Waals surface area contributed by atoms with Crippen LogP contribution in [0.25, 0.3) is 0 Å². The summed E-state index contributed by atoms with van der Waals surface area (Å²) in [7, 11) is -1.38. The van der Waals surface area contributed by atoms with Gasteiger partial charge in [-0.3, -0.25) is 13.9 Å². The number of hydrogen-bond acceptors (Lipinski definition) is 9. The maximum absolute atomic E-state index is 13.7. The number of hydrogen-bond donors (Lipinski definition) is 1. The highest BCUT2D eigenvalue weighted by Crippen LogP contribution is 2.32. The third-order valence-corrected chi connectivity index (χ3v) is 6.98. The van der Waals surface area contributed by atoms with Crippen molar-refractivity contribution in [3.05, 3.63) is 72.3 Å². The van der Waals surface area contributed by atoms with Crippen LogP contribution in [0.1, 0.15) is 19.4 Å². The fraction of sp³-hybridized carbons (Fsp3) is 0.222. The Morgan fingerprint density at radius 1 is 0.923 bits per heavy atom. The number of carbonyl (C=O) groups excluding carboxylic acids is 2. The van der Waals surface area contributed by atoms with Gasteiger partial charge < -0.3 is 18.9 Å². The van der Waals surface area contributed by atoms with Crippen molar-refractivity contribution in [3.8, 4) is 23.0 Å². The molecule has 0 heterocycles. The number of esters is 1. The van der Waals surface area contributed by atoms with Gasteiger partial charge in [0.05, 0.1) is 37.6 Å². The van der Waals surface area contributed by atoms with Gasteiger partial charge in [-0.1, -0.05) is 0 Å². The minimum Gasteiger partial charge on any atom is -0.494 e. The molecule has 0 unspecified atom stereocenters. The highest BCUT2D eigenvalue weighted by Gasteiger charge is 2.28. The lowest BCUT2D eigenvalue weighted by Gasteiger charge is -2.24. The quantitative estimate of drug-likeness (QED) is 0.156. The van der Waals surface area contributed by atoms with E-state index in [2.05, 4.69) is 10.5 Å². The van der Waals surface area contributed by atoms with Crippen molar-refractivity contribution in [3.63, 3.8) is 0 Å². The van der Waals surface area contributed by atoms with E-state index < -0.39 is 28.4 Å². The Hall–Kier alpha value is -4.58. The van der Waals surface area contributed by atoms with Crippen LogP contribution in [0.2, 0.25) is 0 Å². The van der Waals surface area contributed by atoms with E-state index in [-0.39, 0.29) is 16.3 Å². The maximum Gasteiger partial charge on any atom is 0.308 e. The summed E-state index contributed by atoms with van der Waals surface area (Å²) in [5.41, 5.74) is 3.21. The molecule has 0 fully saturated rings. The predicted octanol–water partition coefficient (Wildman–Crippen LogP) is 3.37. The zero-order valence-corrected chi connectivity index (χ0v) is 22.7. The molecule has 0 aliphatic heterocycles. The van der Waals surface area contributed by atoms with Crippen LogP contribution in [0.4, 0.5) is 5.69 Å². The van der Waals surface area contributed by atoms with E-state index in [4.69, 9.17) is 18.9 Å². The van der Waals surface area contributed by atoms with Crippen molar-refractivity contribution in [2.45, 2.75) is 18.7 Å². The summed E-state index contributed by atoms with van der Waals surface area (Å²) in [5.74, 6) is 0.383. The van der Waals surface area contributed by atoms with Gasteiger partial charge in [0.2, 0.25) is 0 Å². The van der Waals surface area contributed by atoms with Crippen LogP contribution in [0.15, 0.2) is 76.7 Å².